The first-order valence-electron chi connectivity index (χ1n) is 10.0. The molecule has 0 aliphatic carbocycles. The Bertz CT molecular complexity index is 1220. The molecule has 1 aliphatic heterocycles. The lowest BCUT2D eigenvalue weighted by Crippen LogP contribution is -2.33. The van der Waals surface area contributed by atoms with Crippen molar-refractivity contribution in [2.24, 2.45) is 0 Å². The highest BCUT2D eigenvalue weighted by molar-refractivity contribution is 6.30. The SMILES string of the molecule is Cc1cn(C2CC(Oc3cccc(Cl)c3)C(COC(=O)c3ccccc3)O2)c(=O)[nH]c1=O. The van der Waals surface area contributed by atoms with Gasteiger partial charge in [-0.3, -0.25) is 14.3 Å². The van der Waals surface area contributed by atoms with E-state index in [-0.39, 0.29) is 6.61 Å². The number of hydrogen-bond donors (Lipinski definition) is 1. The van der Waals surface area contributed by atoms with E-state index in [0.717, 1.165) is 0 Å². The van der Waals surface area contributed by atoms with Crippen LogP contribution in [0.1, 0.15) is 28.6 Å². The Balaban J connectivity index is 1.55. The van der Waals surface area contributed by atoms with Crippen molar-refractivity contribution < 1.29 is 19.0 Å². The Morgan fingerprint density at radius 3 is 2.72 bits per heavy atom. The Morgan fingerprint density at radius 2 is 1.97 bits per heavy atom. The topological polar surface area (TPSA) is 99.6 Å². The largest absolute Gasteiger partial charge is 0.487 e. The first-order chi connectivity index (χ1) is 15.4. The quantitative estimate of drug-likeness (QED) is 0.572. The first kappa shape index (κ1) is 21.9. The van der Waals surface area contributed by atoms with E-state index in [2.05, 4.69) is 4.98 Å². The molecule has 0 radical (unpaired) electrons. The fourth-order valence-electron chi connectivity index (χ4n) is 3.48. The van der Waals surface area contributed by atoms with E-state index >= 15 is 0 Å². The van der Waals surface area contributed by atoms with Gasteiger partial charge in [0.1, 0.15) is 30.8 Å². The van der Waals surface area contributed by atoms with Crippen LogP contribution in [-0.4, -0.2) is 34.3 Å². The van der Waals surface area contributed by atoms with Crippen LogP contribution in [0.4, 0.5) is 0 Å². The summed E-state index contributed by atoms with van der Waals surface area (Å²) in [7, 11) is 0. The van der Waals surface area contributed by atoms with Gasteiger partial charge in [-0.15, -0.1) is 0 Å². The lowest BCUT2D eigenvalue weighted by Gasteiger charge is -2.20. The third-order valence-electron chi connectivity index (χ3n) is 5.11. The van der Waals surface area contributed by atoms with Crippen LogP contribution in [0.2, 0.25) is 5.02 Å². The van der Waals surface area contributed by atoms with Gasteiger partial charge in [0.05, 0.1) is 5.56 Å². The van der Waals surface area contributed by atoms with Crippen LogP contribution >= 0.6 is 11.6 Å². The molecule has 4 rings (SSSR count). The predicted molar refractivity (Wildman–Crippen MR) is 117 cm³/mol. The second kappa shape index (κ2) is 9.42. The number of ether oxygens (including phenoxy) is 3. The Kier molecular flexibility index (Phi) is 6.43. The molecule has 2 aromatic carbocycles. The molecule has 8 nitrogen and oxygen atoms in total. The Labute approximate surface area is 188 Å². The molecule has 9 heteroatoms. The van der Waals surface area contributed by atoms with Crippen LogP contribution in [0.3, 0.4) is 0 Å². The maximum Gasteiger partial charge on any atom is 0.338 e. The molecule has 0 spiro atoms. The Hall–Kier alpha value is -3.36. The summed E-state index contributed by atoms with van der Waals surface area (Å²) >= 11 is 6.06. The number of aromatic amines is 1. The van der Waals surface area contributed by atoms with Gasteiger partial charge >= 0.3 is 11.7 Å². The number of aryl methyl sites for hydroxylation is 1. The molecule has 1 fully saturated rings. The zero-order valence-corrected chi connectivity index (χ0v) is 18.0. The molecule has 0 bridgehead atoms. The standard InChI is InChI=1S/C23H21ClN2O6/c1-14-12-26(23(29)25-21(14)27)20-11-18(31-17-9-5-8-16(24)10-17)19(32-20)13-30-22(28)15-6-3-2-4-7-15/h2-10,12,18-20H,11,13H2,1H3,(H,25,27,29). The number of halogens is 1. The number of rotatable bonds is 6. The number of benzene rings is 2. The highest BCUT2D eigenvalue weighted by atomic mass is 35.5. The maximum atomic E-state index is 12.4. The molecule has 1 saturated heterocycles. The molecular formula is C23H21ClN2O6. The summed E-state index contributed by atoms with van der Waals surface area (Å²) in [6.07, 6.45) is -0.138. The first-order valence-corrected chi connectivity index (χ1v) is 10.4. The molecule has 3 unspecified atom stereocenters. The molecule has 32 heavy (non-hydrogen) atoms. The van der Waals surface area contributed by atoms with E-state index in [1.54, 1.807) is 61.5 Å². The van der Waals surface area contributed by atoms with Crippen LogP contribution in [0.25, 0.3) is 0 Å². The zero-order chi connectivity index (χ0) is 22.7. The number of nitrogens with one attached hydrogen (secondary N) is 1. The summed E-state index contributed by atoms with van der Waals surface area (Å²) < 4.78 is 18.8. The van der Waals surface area contributed by atoms with Gasteiger partial charge in [-0.25, -0.2) is 9.59 Å². The van der Waals surface area contributed by atoms with Crippen molar-refractivity contribution in [1.82, 2.24) is 9.55 Å². The van der Waals surface area contributed by atoms with Crippen molar-refractivity contribution in [3.05, 3.63) is 97.8 Å². The summed E-state index contributed by atoms with van der Waals surface area (Å²) in [5.41, 5.74) is -0.250. The van der Waals surface area contributed by atoms with Gasteiger partial charge in [-0.1, -0.05) is 35.9 Å². The molecule has 1 aliphatic rings. The van der Waals surface area contributed by atoms with Crippen molar-refractivity contribution >= 4 is 17.6 Å². The molecule has 1 aromatic heterocycles. The summed E-state index contributed by atoms with van der Waals surface area (Å²) in [4.78, 5) is 38.7. The molecule has 3 aromatic rings. The molecule has 2 heterocycles. The number of hydrogen-bond acceptors (Lipinski definition) is 6. The van der Waals surface area contributed by atoms with E-state index in [4.69, 9.17) is 25.8 Å². The van der Waals surface area contributed by atoms with Gasteiger partial charge in [-0.2, -0.15) is 0 Å². The monoisotopic (exact) mass is 456 g/mol. The van der Waals surface area contributed by atoms with Crippen LogP contribution in [0, 0.1) is 6.92 Å². The van der Waals surface area contributed by atoms with Crippen molar-refractivity contribution in [2.75, 3.05) is 6.61 Å². The lowest BCUT2D eigenvalue weighted by atomic mass is 10.1. The number of aromatic nitrogens is 2. The molecule has 3 atom stereocenters. The van der Waals surface area contributed by atoms with Crippen LogP contribution in [-0.2, 0) is 9.47 Å². The molecule has 0 amide bonds. The summed E-state index contributed by atoms with van der Waals surface area (Å²) in [6.45, 7) is 1.52. The van der Waals surface area contributed by atoms with Gasteiger partial charge in [0.25, 0.3) is 5.56 Å². The number of H-pyrrole nitrogens is 1. The zero-order valence-electron chi connectivity index (χ0n) is 17.2. The van der Waals surface area contributed by atoms with Crippen molar-refractivity contribution in [2.45, 2.75) is 31.8 Å². The third kappa shape index (κ3) is 4.92. The maximum absolute atomic E-state index is 12.4. The van der Waals surface area contributed by atoms with Crippen LogP contribution in [0.5, 0.6) is 5.75 Å². The molecule has 1 N–H and O–H groups in total. The van der Waals surface area contributed by atoms with E-state index < -0.39 is 35.7 Å². The smallest absolute Gasteiger partial charge is 0.338 e. The van der Waals surface area contributed by atoms with E-state index in [9.17, 15) is 14.4 Å². The van der Waals surface area contributed by atoms with Crippen molar-refractivity contribution in [3.8, 4) is 5.75 Å². The van der Waals surface area contributed by atoms with E-state index in [1.165, 1.54) is 10.8 Å². The summed E-state index contributed by atoms with van der Waals surface area (Å²) in [5, 5.41) is 0.512. The molecule has 0 saturated carbocycles. The minimum absolute atomic E-state index is 0.0768. The average Bonchev–Trinajstić information content (AvgIpc) is 3.17. The summed E-state index contributed by atoms with van der Waals surface area (Å²) in [6, 6.07) is 15.5. The lowest BCUT2D eigenvalue weighted by molar-refractivity contribution is -0.0498. The van der Waals surface area contributed by atoms with Gasteiger partial charge < -0.3 is 14.2 Å². The Morgan fingerprint density at radius 1 is 1.19 bits per heavy atom. The van der Waals surface area contributed by atoms with Crippen LogP contribution in [0.15, 0.2) is 70.4 Å². The van der Waals surface area contributed by atoms with E-state index in [0.29, 0.717) is 28.3 Å². The van der Waals surface area contributed by atoms with E-state index in [1.807, 2.05) is 0 Å². The fourth-order valence-corrected chi connectivity index (χ4v) is 3.66. The number of esters is 1. The second-order valence-corrected chi connectivity index (χ2v) is 7.86. The third-order valence-corrected chi connectivity index (χ3v) is 5.34. The predicted octanol–water partition coefficient (Wildman–Crippen LogP) is 3.09. The molecular weight excluding hydrogens is 436 g/mol. The van der Waals surface area contributed by atoms with Gasteiger partial charge in [0.15, 0.2) is 0 Å². The highest BCUT2D eigenvalue weighted by Gasteiger charge is 2.39. The number of nitrogens with zero attached hydrogens (tertiary/aromatic N) is 1. The van der Waals surface area contributed by atoms with Gasteiger partial charge in [0, 0.05) is 23.2 Å². The van der Waals surface area contributed by atoms with Crippen molar-refractivity contribution in [3.63, 3.8) is 0 Å². The van der Waals surface area contributed by atoms with Crippen LogP contribution < -0.4 is 16.0 Å². The second-order valence-electron chi connectivity index (χ2n) is 7.42. The number of carbonyl (C=O) groups excluding carboxylic acids is 1. The highest BCUT2D eigenvalue weighted by Crippen LogP contribution is 2.32. The average molecular weight is 457 g/mol. The van der Waals surface area contributed by atoms with Gasteiger partial charge in [-0.05, 0) is 37.3 Å². The fraction of sp³-hybridized carbons (Fsp3) is 0.261. The normalized spacial score (nSPS) is 20.1. The minimum Gasteiger partial charge on any atom is -0.487 e. The number of carbonyl (C=O) groups is 1. The van der Waals surface area contributed by atoms with Crippen molar-refractivity contribution in [1.29, 1.82) is 0 Å². The summed E-state index contributed by atoms with van der Waals surface area (Å²) in [5.74, 6) is 0.0346. The molecule has 166 valence electrons. The van der Waals surface area contributed by atoms with Gasteiger partial charge in [0.2, 0.25) is 0 Å². The minimum atomic E-state index is -0.706.